The molecule has 0 aliphatic heterocycles. The third-order valence-electron chi connectivity index (χ3n) is 3.46. The van der Waals surface area contributed by atoms with Gasteiger partial charge < -0.3 is 15.4 Å². The highest BCUT2D eigenvalue weighted by molar-refractivity contribution is 5.90. The smallest absolute Gasteiger partial charge is 0.319 e. The van der Waals surface area contributed by atoms with Crippen molar-refractivity contribution in [3.05, 3.63) is 24.0 Å². The number of aromatic nitrogens is 4. The quantitative estimate of drug-likeness (QED) is 0.834. The highest BCUT2D eigenvalue weighted by atomic mass is 16.5. The zero-order chi connectivity index (χ0) is 17.5. The molecule has 0 fully saturated rings. The molecule has 0 saturated heterocycles. The summed E-state index contributed by atoms with van der Waals surface area (Å²) < 4.78 is 6.84. The summed E-state index contributed by atoms with van der Waals surface area (Å²) >= 11 is 0. The predicted molar refractivity (Wildman–Crippen MR) is 86.9 cm³/mol. The lowest BCUT2D eigenvalue weighted by Gasteiger charge is -2.15. The topological polar surface area (TPSA) is 118 Å². The van der Waals surface area contributed by atoms with Crippen LogP contribution in [0, 0.1) is 18.3 Å². The lowest BCUT2D eigenvalue weighted by Crippen LogP contribution is -2.37. The van der Waals surface area contributed by atoms with Crippen molar-refractivity contribution in [1.29, 1.82) is 5.26 Å². The summed E-state index contributed by atoms with van der Waals surface area (Å²) in [6.45, 7) is 3.67. The Labute approximate surface area is 139 Å². The zero-order valence-corrected chi connectivity index (χ0v) is 13.8. The molecule has 9 nitrogen and oxygen atoms in total. The molecule has 2 rings (SSSR count). The maximum atomic E-state index is 12.1. The van der Waals surface area contributed by atoms with Gasteiger partial charge in [0.05, 0.1) is 19.6 Å². The molecule has 126 valence electrons. The number of aryl methyl sites for hydroxylation is 1. The molecule has 0 radical (unpaired) electrons. The maximum absolute atomic E-state index is 12.1. The van der Waals surface area contributed by atoms with Crippen molar-refractivity contribution in [3.63, 3.8) is 0 Å². The summed E-state index contributed by atoms with van der Waals surface area (Å²) in [6.07, 6.45) is 0.945. The van der Waals surface area contributed by atoms with E-state index in [9.17, 15) is 4.79 Å². The number of carbonyl (C=O) groups excluding carboxylic acids is 1. The van der Waals surface area contributed by atoms with Gasteiger partial charge in [0.15, 0.2) is 5.82 Å². The number of urea groups is 1. The first-order valence-corrected chi connectivity index (χ1v) is 7.46. The van der Waals surface area contributed by atoms with Crippen LogP contribution in [-0.4, -0.2) is 39.4 Å². The number of methoxy groups -OCH3 is 1. The molecule has 1 atom stereocenters. The fourth-order valence-electron chi connectivity index (χ4n) is 2.15. The second-order valence-electron chi connectivity index (χ2n) is 5.09. The molecule has 2 N–H and O–H groups in total. The Bertz CT molecular complexity index is 751. The number of nitriles is 1. The molecule has 1 heterocycles. The van der Waals surface area contributed by atoms with E-state index in [1.807, 2.05) is 6.92 Å². The van der Waals surface area contributed by atoms with Gasteiger partial charge in [-0.25, -0.2) is 4.79 Å². The monoisotopic (exact) mass is 329 g/mol. The average molecular weight is 329 g/mol. The predicted octanol–water partition coefficient (Wildman–Crippen LogP) is 1.79. The third kappa shape index (κ3) is 3.98. The van der Waals surface area contributed by atoms with E-state index in [1.165, 1.54) is 4.68 Å². The molecule has 24 heavy (non-hydrogen) atoms. The molecule has 1 unspecified atom stereocenters. The normalized spacial score (nSPS) is 11.4. The minimum atomic E-state index is -0.373. The number of benzene rings is 1. The standard InChI is InChI=1S/C15H19N7O2/c1-4-11(7-8-16)17-15(23)18-12-5-6-14(24-3)13(9-12)22-10(2)19-20-21-22/h5-6,9,11H,4,7H2,1-3H3,(H2,17,18,23). The summed E-state index contributed by atoms with van der Waals surface area (Å²) in [6, 6.07) is 6.64. The van der Waals surface area contributed by atoms with Crippen LogP contribution in [0.5, 0.6) is 5.75 Å². The maximum Gasteiger partial charge on any atom is 0.319 e. The molecule has 0 spiro atoms. The SMILES string of the molecule is CCC(CC#N)NC(=O)Nc1ccc(OC)c(-n2nnnc2C)c1. The van der Waals surface area contributed by atoms with E-state index in [0.717, 1.165) is 0 Å². The fourth-order valence-corrected chi connectivity index (χ4v) is 2.15. The molecule has 1 aromatic heterocycles. The van der Waals surface area contributed by atoms with Crippen molar-refractivity contribution in [2.75, 3.05) is 12.4 Å². The summed E-state index contributed by atoms with van der Waals surface area (Å²) in [5.74, 6) is 1.17. The number of hydrogen-bond donors (Lipinski definition) is 2. The molecular weight excluding hydrogens is 310 g/mol. The van der Waals surface area contributed by atoms with Crippen molar-refractivity contribution in [2.45, 2.75) is 32.7 Å². The second kappa shape index (κ2) is 7.92. The Morgan fingerprint density at radius 3 is 2.88 bits per heavy atom. The van der Waals surface area contributed by atoms with Crippen LogP contribution in [0.4, 0.5) is 10.5 Å². The minimum Gasteiger partial charge on any atom is -0.494 e. The highest BCUT2D eigenvalue weighted by Crippen LogP contribution is 2.26. The number of nitrogens with one attached hydrogen (secondary N) is 2. The van der Waals surface area contributed by atoms with Crippen molar-refractivity contribution in [2.24, 2.45) is 0 Å². The number of ether oxygens (including phenoxy) is 1. The third-order valence-corrected chi connectivity index (χ3v) is 3.46. The molecule has 0 aliphatic rings. The summed E-state index contributed by atoms with van der Waals surface area (Å²) in [5.41, 5.74) is 1.17. The average Bonchev–Trinajstić information content (AvgIpc) is 3.00. The van der Waals surface area contributed by atoms with Gasteiger partial charge in [0, 0.05) is 11.7 Å². The lowest BCUT2D eigenvalue weighted by molar-refractivity contribution is 0.248. The van der Waals surface area contributed by atoms with Crippen LogP contribution in [0.25, 0.3) is 5.69 Å². The van der Waals surface area contributed by atoms with Crippen LogP contribution in [0.1, 0.15) is 25.6 Å². The van der Waals surface area contributed by atoms with E-state index in [0.29, 0.717) is 29.4 Å². The van der Waals surface area contributed by atoms with Gasteiger partial charge in [-0.15, -0.1) is 5.10 Å². The molecular formula is C15H19N7O2. The Morgan fingerprint density at radius 1 is 1.50 bits per heavy atom. The van der Waals surface area contributed by atoms with Gasteiger partial charge in [-0.2, -0.15) is 9.94 Å². The van der Waals surface area contributed by atoms with E-state index >= 15 is 0 Å². The van der Waals surface area contributed by atoms with Crippen molar-refractivity contribution >= 4 is 11.7 Å². The molecule has 9 heteroatoms. The lowest BCUT2D eigenvalue weighted by atomic mass is 10.2. The van der Waals surface area contributed by atoms with Gasteiger partial charge in [-0.1, -0.05) is 6.92 Å². The number of carbonyl (C=O) groups is 1. The van der Waals surface area contributed by atoms with Crippen molar-refractivity contribution in [1.82, 2.24) is 25.5 Å². The number of hydrogen-bond acceptors (Lipinski definition) is 6. The summed E-state index contributed by atoms with van der Waals surface area (Å²) in [7, 11) is 1.55. The van der Waals surface area contributed by atoms with Crippen molar-refractivity contribution < 1.29 is 9.53 Å². The molecule has 2 aromatic rings. The van der Waals surface area contributed by atoms with Crippen LogP contribution < -0.4 is 15.4 Å². The largest absolute Gasteiger partial charge is 0.494 e. The van der Waals surface area contributed by atoms with Crippen LogP contribution in [0.3, 0.4) is 0 Å². The minimum absolute atomic E-state index is 0.186. The summed E-state index contributed by atoms with van der Waals surface area (Å²) in [5, 5.41) is 25.6. The fraction of sp³-hybridized carbons (Fsp3) is 0.400. The van der Waals surface area contributed by atoms with E-state index in [1.54, 1.807) is 32.2 Å². The Hall–Kier alpha value is -3.15. The van der Waals surface area contributed by atoms with E-state index < -0.39 is 0 Å². The molecule has 0 bridgehead atoms. The van der Waals surface area contributed by atoms with Crippen molar-refractivity contribution in [3.8, 4) is 17.5 Å². The number of amides is 2. The first-order valence-electron chi connectivity index (χ1n) is 7.46. The first-order chi connectivity index (χ1) is 11.6. The van der Waals surface area contributed by atoms with E-state index in [-0.39, 0.29) is 18.5 Å². The molecule has 0 saturated carbocycles. The Morgan fingerprint density at radius 2 is 2.29 bits per heavy atom. The van der Waals surface area contributed by atoms with Gasteiger partial charge >= 0.3 is 6.03 Å². The second-order valence-corrected chi connectivity index (χ2v) is 5.09. The Balaban J connectivity index is 2.19. The number of nitrogens with zero attached hydrogens (tertiary/aromatic N) is 5. The van der Waals surface area contributed by atoms with Crippen LogP contribution >= 0.6 is 0 Å². The number of anilines is 1. The van der Waals surface area contributed by atoms with Crippen LogP contribution in [0.15, 0.2) is 18.2 Å². The molecule has 2 amide bonds. The van der Waals surface area contributed by atoms with Gasteiger partial charge in [0.1, 0.15) is 11.4 Å². The molecule has 0 aliphatic carbocycles. The number of rotatable bonds is 6. The molecule has 1 aromatic carbocycles. The van der Waals surface area contributed by atoms with Crippen LogP contribution in [0.2, 0.25) is 0 Å². The highest BCUT2D eigenvalue weighted by Gasteiger charge is 2.14. The van der Waals surface area contributed by atoms with E-state index in [4.69, 9.17) is 10.00 Å². The first kappa shape index (κ1) is 17.2. The summed E-state index contributed by atoms with van der Waals surface area (Å²) in [4.78, 5) is 12.1. The number of tetrazole rings is 1. The van der Waals surface area contributed by atoms with Crippen LogP contribution in [-0.2, 0) is 0 Å². The zero-order valence-electron chi connectivity index (χ0n) is 13.8. The van der Waals surface area contributed by atoms with E-state index in [2.05, 4.69) is 32.2 Å². The Kier molecular flexibility index (Phi) is 5.68. The van der Waals surface area contributed by atoms with Gasteiger partial charge in [-0.05, 0) is 42.0 Å². The van der Waals surface area contributed by atoms with Gasteiger partial charge in [0.2, 0.25) is 0 Å². The van der Waals surface area contributed by atoms with Gasteiger partial charge in [0.25, 0.3) is 0 Å². The van der Waals surface area contributed by atoms with Gasteiger partial charge in [-0.3, -0.25) is 0 Å².